The summed E-state index contributed by atoms with van der Waals surface area (Å²) in [6.07, 6.45) is 1.42. The number of aromatic nitrogens is 1. The van der Waals surface area contributed by atoms with Gasteiger partial charge in [0.2, 0.25) is 10.0 Å². The number of thiazole rings is 1. The fourth-order valence-electron chi connectivity index (χ4n) is 3.13. The number of carbonyl (C=O) groups is 1. The number of carbonyl (C=O) groups excluding carboxylic acids is 1. The Kier molecular flexibility index (Phi) is 7.19. The molecule has 0 radical (unpaired) electrons. The van der Waals surface area contributed by atoms with Crippen LogP contribution in [0, 0.1) is 5.82 Å². The van der Waals surface area contributed by atoms with Crippen molar-refractivity contribution in [3.63, 3.8) is 0 Å². The molecule has 0 fully saturated rings. The molecule has 3 rings (SSSR count). The molecule has 0 aliphatic carbocycles. The quantitative estimate of drug-likeness (QED) is 0.537. The molecular formula is C22H24FN3O3S2. The number of hydrogen-bond donors (Lipinski definition) is 1. The van der Waals surface area contributed by atoms with E-state index in [4.69, 9.17) is 0 Å². The summed E-state index contributed by atoms with van der Waals surface area (Å²) >= 11 is 1.11. The predicted molar refractivity (Wildman–Crippen MR) is 120 cm³/mol. The highest BCUT2D eigenvalue weighted by Crippen LogP contribution is 2.28. The van der Waals surface area contributed by atoms with Gasteiger partial charge in [-0.3, -0.25) is 4.79 Å². The first-order valence-electron chi connectivity index (χ1n) is 9.89. The van der Waals surface area contributed by atoms with Crippen molar-refractivity contribution in [2.75, 3.05) is 13.1 Å². The van der Waals surface area contributed by atoms with E-state index < -0.39 is 15.8 Å². The summed E-state index contributed by atoms with van der Waals surface area (Å²) in [6.45, 7) is 6.20. The molecule has 0 spiro atoms. The van der Waals surface area contributed by atoms with Gasteiger partial charge < -0.3 is 5.32 Å². The second-order valence-electron chi connectivity index (χ2n) is 6.86. The summed E-state index contributed by atoms with van der Waals surface area (Å²) in [5.74, 6) is -0.718. The van der Waals surface area contributed by atoms with Gasteiger partial charge in [0.25, 0.3) is 5.91 Å². The largest absolute Gasteiger partial charge is 0.345 e. The zero-order valence-electron chi connectivity index (χ0n) is 17.5. The predicted octanol–water partition coefficient (Wildman–Crippen LogP) is 4.47. The Hall–Kier alpha value is -2.62. The van der Waals surface area contributed by atoms with Crippen molar-refractivity contribution in [2.45, 2.75) is 31.7 Å². The second kappa shape index (κ2) is 9.67. The molecule has 1 N–H and O–H groups in total. The molecule has 6 nitrogen and oxygen atoms in total. The third-order valence-corrected chi connectivity index (χ3v) is 8.00. The molecule has 1 heterocycles. The van der Waals surface area contributed by atoms with E-state index in [1.54, 1.807) is 56.3 Å². The summed E-state index contributed by atoms with van der Waals surface area (Å²) in [7, 11) is -3.53. The summed E-state index contributed by atoms with van der Waals surface area (Å²) in [6, 6.07) is 12.4. The molecule has 9 heteroatoms. The van der Waals surface area contributed by atoms with Crippen LogP contribution in [0.3, 0.4) is 0 Å². The van der Waals surface area contributed by atoms with E-state index in [1.165, 1.54) is 16.6 Å². The van der Waals surface area contributed by atoms with Crippen molar-refractivity contribution in [1.82, 2.24) is 14.6 Å². The van der Waals surface area contributed by atoms with Gasteiger partial charge in [-0.15, -0.1) is 11.3 Å². The first kappa shape index (κ1) is 23.1. The number of benzene rings is 2. The molecule has 1 unspecified atom stereocenters. The maximum absolute atomic E-state index is 13.9. The topological polar surface area (TPSA) is 79.4 Å². The average molecular weight is 462 g/mol. The number of sulfonamides is 1. The Labute approximate surface area is 185 Å². The van der Waals surface area contributed by atoms with Gasteiger partial charge >= 0.3 is 0 Å². The first-order chi connectivity index (χ1) is 14.8. The second-order valence-corrected chi connectivity index (χ2v) is 9.83. The molecular weight excluding hydrogens is 437 g/mol. The van der Waals surface area contributed by atoms with Crippen molar-refractivity contribution >= 4 is 27.3 Å². The van der Waals surface area contributed by atoms with Gasteiger partial charge in [-0.2, -0.15) is 4.31 Å². The minimum atomic E-state index is -3.53. The molecule has 1 atom stereocenters. The van der Waals surface area contributed by atoms with E-state index in [0.29, 0.717) is 28.5 Å². The third-order valence-electron chi connectivity index (χ3n) is 4.90. The van der Waals surface area contributed by atoms with Crippen LogP contribution >= 0.6 is 11.3 Å². The van der Waals surface area contributed by atoms with Crippen LogP contribution in [0.4, 0.5) is 4.39 Å². The Morgan fingerprint density at radius 2 is 1.77 bits per heavy atom. The standard InChI is InChI=1S/C22H24FN3O3S2/c1-4-26(5-2)31(28,29)17-12-10-16(11-13-17)15(3)25-21(27)20-14-24-22(30-20)18-8-6-7-9-19(18)23/h6-15H,4-5H2,1-3H3,(H,25,27). The van der Waals surface area contributed by atoms with E-state index in [1.807, 2.05) is 6.92 Å². The van der Waals surface area contributed by atoms with Crippen LogP contribution in [-0.2, 0) is 10.0 Å². The average Bonchev–Trinajstić information content (AvgIpc) is 3.25. The van der Waals surface area contributed by atoms with Crippen molar-refractivity contribution in [2.24, 2.45) is 0 Å². The Morgan fingerprint density at radius 3 is 2.39 bits per heavy atom. The van der Waals surface area contributed by atoms with Crippen molar-refractivity contribution in [3.05, 3.63) is 71.0 Å². The summed E-state index contributed by atoms with van der Waals surface area (Å²) in [4.78, 5) is 17.4. The first-order valence-corrected chi connectivity index (χ1v) is 12.1. The number of nitrogens with zero attached hydrogens (tertiary/aromatic N) is 2. The van der Waals surface area contributed by atoms with Gasteiger partial charge in [0, 0.05) is 18.7 Å². The minimum Gasteiger partial charge on any atom is -0.345 e. The van der Waals surface area contributed by atoms with Crippen LogP contribution in [0.1, 0.15) is 42.0 Å². The van der Waals surface area contributed by atoms with Crippen LogP contribution in [0.5, 0.6) is 0 Å². The molecule has 31 heavy (non-hydrogen) atoms. The number of hydrogen-bond acceptors (Lipinski definition) is 5. The summed E-state index contributed by atoms with van der Waals surface area (Å²) < 4.78 is 40.6. The molecule has 1 amide bonds. The zero-order chi connectivity index (χ0) is 22.6. The molecule has 3 aromatic rings. The van der Waals surface area contributed by atoms with Crippen LogP contribution in [0.25, 0.3) is 10.6 Å². The Balaban J connectivity index is 1.71. The molecule has 0 aliphatic heterocycles. The van der Waals surface area contributed by atoms with Gasteiger partial charge in [0.1, 0.15) is 15.7 Å². The van der Waals surface area contributed by atoms with Gasteiger partial charge in [-0.1, -0.05) is 38.1 Å². The van der Waals surface area contributed by atoms with Crippen molar-refractivity contribution in [3.8, 4) is 10.6 Å². The van der Waals surface area contributed by atoms with E-state index >= 15 is 0 Å². The van der Waals surface area contributed by atoms with Crippen LogP contribution in [0.15, 0.2) is 59.6 Å². The normalized spacial score (nSPS) is 12.7. The van der Waals surface area contributed by atoms with Crippen LogP contribution in [-0.4, -0.2) is 36.7 Å². The number of amides is 1. The van der Waals surface area contributed by atoms with Gasteiger partial charge in [0.15, 0.2) is 0 Å². The maximum Gasteiger partial charge on any atom is 0.263 e. The SMILES string of the molecule is CCN(CC)S(=O)(=O)c1ccc(C(C)NC(=O)c2cnc(-c3ccccc3F)s2)cc1. The molecule has 0 bridgehead atoms. The smallest absolute Gasteiger partial charge is 0.263 e. The highest BCUT2D eigenvalue weighted by Gasteiger charge is 2.22. The van der Waals surface area contributed by atoms with Gasteiger partial charge in [-0.25, -0.2) is 17.8 Å². The minimum absolute atomic E-state index is 0.218. The zero-order valence-corrected chi connectivity index (χ0v) is 19.1. The molecule has 2 aromatic carbocycles. The molecule has 0 saturated carbocycles. The summed E-state index contributed by atoms with van der Waals surface area (Å²) in [5.41, 5.74) is 1.12. The summed E-state index contributed by atoms with van der Waals surface area (Å²) in [5, 5.41) is 3.31. The van der Waals surface area contributed by atoms with E-state index in [9.17, 15) is 17.6 Å². The molecule has 0 aliphatic rings. The lowest BCUT2D eigenvalue weighted by Gasteiger charge is -2.19. The van der Waals surface area contributed by atoms with Crippen LogP contribution < -0.4 is 5.32 Å². The maximum atomic E-state index is 13.9. The lowest BCUT2D eigenvalue weighted by molar-refractivity contribution is 0.0943. The fraction of sp³-hybridized carbons (Fsp3) is 0.273. The molecule has 0 saturated heterocycles. The van der Waals surface area contributed by atoms with E-state index in [0.717, 1.165) is 16.9 Å². The number of halogens is 1. The number of nitrogens with one attached hydrogen (secondary N) is 1. The molecule has 164 valence electrons. The lowest BCUT2D eigenvalue weighted by Crippen LogP contribution is -2.30. The monoisotopic (exact) mass is 461 g/mol. The van der Waals surface area contributed by atoms with Crippen molar-refractivity contribution < 1.29 is 17.6 Å². The van der Waals surface area contributed by atoms with Gasteiger partial charge in [-0.05, 0) is 36.8 Å². The van der Waals surface area contributed by atoms with E-state index in [-0.39, 0.29) is 16.8 Å². The fourth-order valence-corrected chi connectivity index (χ4v) is 5.43. The van der Waals surface area contributed by atoms with Crippen LogP contribution in [0.2, 0.25) is 0 Å². The number of rotatable bonds is 8. The van der Waals surface area contributed by atoms with E-state index in [2.05, 4.69) is 10.3 Å². The Bertz CT molecular complexity index is 1160. The van der Waals surface area contributed by atoms with Gasteiger partial charge in [0.05, 0.1) is 17.1 Å². The Morgan fingerprint density at radius 1 is 1.13 bits per heavy atom. The van der Waals surface area contributed by atoms with Crippen molar-refractivity contribution in [1.29, 1.82) is 0 Å². The molecule has 1 aromatic heterocycles. The third kappa shape index (κ3) is 5.00. The highest BCUT2D eigenvalue weighted by molar-refractivity contribution is 7.89. The highest BCUT2D eigenvalue weighted by atomic mass is 32.2. The lowest BCUT2D eigenvalue weighted by atomic mass is 10.1.